The fourth-order valence-electron chi connectivity index (χ4n) is 4.35. The first kappa shape index (κ1) is 25.5. The fraction of sp³-hybridized carbons (Fsp3) is 0.0690. The lowest BCUT2D eigenvalue weighted by molar-refractivity contribution is -0.116. The normalized spacial score (nSPS) is 11.4. The fourth-order valence-corrected chi connectivity index (χ4v) is 4.35. The van der Waals surface area contributed by atoms with E-state index in [1.54, 1.807) is 77.2 Å². The van der Waals surface area contributed by atoms with Gasteiger partial charge in [0.15, 0.2) is 0 Å². The van der Waals surface area contributed by atoms with E-state index in [0.717, 1.165) is 10.9 Å². The van der Waals surface area contributed by atoms with Crippen molar-refractivity contribution in [2.45, 2.75) is 13.5 Å². The van der Waals surface area contributed by atoms with Gasteiger partial charge in [-0.15, -0.1) is 5.10 Å². The van der Waals surface area contributed by atoms with Gasteiger partial charge in [0.2, 0.25) is 5.91 Å². The summed E-state index contributed by atoms with van der Waals surface area (Å²) >= 11 is 0. The first-order valence-corrected chi connectivity index (χ1v) is 12.6. The molecule has 2 amide bonds. The van der Waals surface area contributed by atoms with Gasteiger partial charge >= 0.3 is 0 Å². The average Bonchev–Trinajstić information content (AvgIpc) is 3.63. The van der Waals surface area contributed by atoms with E-state index < -0.39 is 0 Å². The van der Waals surface area contributed by atoms with Crippen LogP contribution in [0.3, 0.4) is 0 Å². The number of halogens is 1. The van der Waals surface area contributed by atoms with E-state index in [9.17, 15) is 14.0 Å². The van der Waals surface area contributed by atoms with Gasteiger partial charge in [0, 0.05) is 16.3 Å². The third-order valence-electron chi connectivity index (χ3n) is 6.30. The highest BCUT2D eigenvalue weighted by atomic mass is 19.1. The molecule has 41 heavy (non-hydrogen) atoms. The molecule has 6 aromatic rings. The van der Waals surface area contributed by atoms with Gasteiger partial charge in [0.1, 0.15) is 23.7 Å². The Kier molecular flexibility index (Phi) is 6.70. The summed E-state index contributed by atoms with van der Waals surface area (Å²) in [4.78, 5) is 33.5. The third kappa shape index (κ3) is 5.26. The molecule has 0 aliphatic rings. The number of fused-ring (bicyclic) bond motifs is 2. The van der Waals surface area contributed by atoms with Crippen LogP contribution >= 0.6 is 0 Å². The van der Waals surface area contributed by atoms with Crippen molar-refractivity contribution in [3.63, 3.8) is 0 Å². The Labute approximate surface area is 232 Å². The van der Waals surface area contributed by atoms with Gasteiger partial charge in [-0.2, -0.15) is 5.10 Å². The molecule has 0 fully saturated rings. The molecule has 12 heteroatoms. The number of allylic oxidation sites excluding steroid dienone is 1. The van der Waals surface area contributed by atoms with E-state index in [2.05, 4.69) is 36.0 Å². The van der Waals surface area contributed by atoms with Crippen molar-refractivity contribution in [3.8, 4) is 11.4 Å². The number of anilines is 1. The van der Waals surface area contributed by atoms with E-state index in [-0.39, 0.29) is 24.2 Å². The molecule has 3 aromatic heterocycles. The molecular weight excluding hydrogens is 525 g/mol. The second-order valence-electron chi connectivity index (χ2n) is 9.06. The molecule has 0 atom stereocenters. The van der Waals surface area contributed by atoms with Crippen LogP contribution in [-0.4, -0.2) is 46.6 Å². The molecule has 0 aliphatic carbocycles. The number of nitrogens with one attached hydrogen (secondary N) is 2. The van der Waals surface area contributed by atoms with E-state index in [0.29, 0.717) is 39.4 Å². The molecule has 3 heterocycles. The van der Waals surface area contributed by atoms with E-state index in [4.69, 9.17) is 0 Å². The maximum absolute atomic E-state index is 13.7. The molecule has 0 spiro atoms. The van der Waals surface area contributed by atoms with Gasteiger partial charge in [-0.25, -0.2) is 23.7 Å². The molecule has 0 aliphatic heterocycles. The van der Waals surface area contributed by atoms with E-state index >= 15 is 0 Å². The number of nitrogens with zero attached hydrogens (tertiary/aromatic N) is 7. The zero-order valence-electron chi connectivity index (χ0n) is 21.7. The summed E-state index contributed by atoms with van der Waals surface area (Å²) in [5.74, 6) is -0.614. The summed E-state index contributed by atoms with van der Waals surface area (Å²) < 4.78 is 16.9. The van der Waals surface area contributed by atoms with Crippen LogP contribution in [0.2, 0.25) is 0 Å². The SMILES string of the molecule is C/C=C/C(=O)NCc1cn(-c2ccc3ncnc(NC(=O)c4ccc5c(cnn5-c5cccc(F)c5)c4)c3c2)nn1. The van der Waals surface area contributed by atoms with Crippen molar-refractivity contribution in [2.75, 3.05) is 5.32 Å². The van der Waals surface area contributed by atoms with E-state index in [1.807, 2.05) is 6.07 Å². The van der Waals surface area contributed by atoms with E-state index in [1.165, 1.54) is 24.5 Å². The molecule has 0 unspecified atom stereocenters. The number of benzene rings is 3. The van der Waals surface area contributed by atoms with Gasteiger partial charge in [-0.1, -0.05) is 17.4 Å². The lowest BCUT2D eigenvalue weighted by Gasteiger charge is -2.09. The van der Waals surface area contributed by atoms with Crippen LogP contribution < -0.4 is 10.6 Å². The Morgan fingerprint density at radius 3 is 2.78 bits per heavy atom. The predicted octanol–water partition coefficient (Wildman–Crippen LogP) is 4.13. The zero-order valence-corrected chi connectivity index (χ0v) is 21.7. The van der Waals surface area contributed by atoms with Crippen LogP contribution in [0, 0.1) is 5.82 Å². The summed E-state index contributed by atoms with van der Waals surface area (Å²) in [5.41, 5.74) is 3.60. The molecule has 6 rings (SSSR count). The number of carbonyl (C=O) groups excluding carboxylic acids is 2. The Morgan fingerprint density at radius 1 is 1.02 bits per heavy atom. The monoisotopic (exact) mass is 547 g/mol. The molecule has 0 bridgehead atoms. The number of aromatic nitrogens is 7. The van der Waals surface area contributed by atoms with Crippen molar-refractivity contribution in [1.82, 2.24) is 40.1 Å². The van der Waals surface area contributed by atoms with Crippen molar-refractivity contribution in [3.05, 3.63) is 109 Å². The first-order valence-electron chi connectivity index (χ1n) is 12.6. The van der Waals surface area contributed by atoms with Crippen LogP contribution in [0.4, 0.5) is 10.2 Å². The second kappa shape index (κ2) is 10.8. The number of amides is 2. The zero-order chi connectivity index (χ0) is 28.3. The molecule has 0 saturated carbocycles. The Balaban J connectivity index is 1.24. The molecule has 0 radical (unpaired) electrons. The minimum absolute atomic E-state index is 0.218. The second-order valence-corrected chi connectivity index (χ2v) is 9.06. The quantitative estimate of drug-likeness (QED) is 0.287. The maximum atomic E-state index is 13.7. The van der Waals surface area contributed by atoms with Crippen LogP contribution in [0.25, 0.3) is 33.2 Å². The minimum Gasteiger partial charge on any atom is -0.347 e. The summed E-state index contributed by atoms with van der Waals surface area (Å²) in [7, 11) is 0. The summed E-state index contributed by atoms with van der Waals surface area (Å²) in [5, 5.41) is 19.6. The van der Waals surface area contributed by atoms with Crippen LogP contribution in [0.15, 0.2) is 91.5 Å². The third-order valence-corrected chi connectivity index (χ3v) is 6.30. The summed E-state index contributed by atoms with van der Waals surface area (Å²) in [6, 6.07) is 16.7. The predicted molar refractivity (Wildman–Crippen MR) is 150 cm³/mol. The maximum Gasteiger partial charge on any atom is 0.256 e. The van der Waals surface area contributed by atoms with Crippen molar-refractivity contribution in [1.29, 1.82) is 0 Å². The highest BCUT2D eigenvalue weighted by Crippen LogP contribution is 2.24. The number of carbonyl (C=O) groups is 2. The average molecular weight is 548 g/mol. The topological polar surface area (TPSA) is 133 Å². The van der Waals surface area contributed by atoms with Crippen LogP contribution in [0.1, 0.15) is 23.0 Å². The van der Waals surface area contributed by atoms with Gasteiger partial charge in [-0.05, 0) is 67.6 Å². The Bertz CT molecular complexity index is 1960. The molecule has 2 N–H and O–H groups in total. The summed E-state index contributed by atoms with van der Waals surface area (Å²) in [6.07, 6.45) is 7.80. The Hall–Kier alpha value is -5.78. The van der Waals surface area contributed by atoms with Gasteiger partial charge in [0.25, 0.3) is 5.91 Å². The highest BCUT2D eigenvalue weighted by Gasteiger charge is 2.14. The van der Waals surface area contributed by atoms with Crippen molar-refractivity contribution < 1.29 is 14.0 Å². The van der Waals surface area contributed by atoms with Crippen molar-refractivity contribution in [2.24, 2.45) is 0 Å². The van der Waals surface area contributed by atoms with Crippen LogP contribution in [-0.2, 0) is 11.3 Å². The van der Waals surface area contributed by atoms with Gasteiger partial charge < -0.3 is 10.6 Å². The van der Waals surface area contributed by atoms with Crippen LogP contribution in [0.5, 0.6) is 0 Å². The number of rotatable bonds is 7. The van der Waals surface area contributed by atoms with Gasteiger partial charge in [0.05, 0.1) is 41.3 Å². The summed E-state index contributed by atoms with van der Waals surface area (Å²) in [6.45, 7) is 1.99. The lowest BCUT2D eigenvalue weighted by atomic mass is 10.1. The highest BCUT2D eigenvalue weighted by molar-refractivity contribution is 6.09. The molecular formula is C29H22FN9O2. The lowest BCUT2D eigenvalue weighted by Crippen LogP contribution is -2.20. The van der Waals surface area contributed by atoms with Crippen molar-refractivity contribution >= 4 is 39.4 Å². The number of hydrogen-bond donors (Lipinski definition) is 2. The number of hydrogen-bond acceptors (Lipinski definition) is 7. The molecule has 0 saturated heterocycles. The smallest absolute Gasteiger partial charge is 0.256 e. The minimum atomic E-state index is -0.365. The molecule has 202 valence electrons. The van der Waals surface area contributed by atoms with Gasteiger partial charge in [-0.3, -0.25) is 9.59 Å². The largest absolute Gasteiger partial charge is 0.347 e. The standard InChI is InChI=1S/C29H22FN9O2/c1-2-4-27(40)31-15-21-16-38(37-36-21)22-8-9-25-24(13-22)28(33-17-32-25)35-29(41)18-7-10-26-19(11-18)14-34-39(26)23-6-3-5-20(30)12-23/h2-14,16-17H,15H2,1H3,(H,31,40)(H,32,33,35,41)/b4-2+. The molecule has 11 nitrogen and oxygen atoms in total. The first-order chi connectivity index (χ1) is 20.0. The molecule has 3 aromatic carbocycles. The Morgan fingerprint density at radius 2 is 1.93 bits per heavy atom.